The molecule has 0 aromatic carbocycles. The first-order valence-corrected chi connectivity index (χ1v) is 8.69. The highest BCUT2D eigenvalue weighted by Gasteiger charge is 2.24. The molecule has 6 nitrogen and oxygen atoms in total. The third-order valence-corrected chi connectivity index (χ3v) is 5.04. The van der Waals surface area contributed by atoms with Gasteiger partial charge in [-0.3, -0.25) is 4.90 Å². The van der Waals surface area contributed by atoms with Crippen LogP contribution in [0.1, 0.15) is 38.3 Å². The molecule has 0 amide bonds. The monoisotopic (exact) mass is 307 g/mol. The van der Waals surface area contributed by atoms with E-state index in [4.69, 9.17) is 0 Å². The Balaban J connectivity index is 1.47. The summed E-state index contributed by atoms with van der Waals surface area (Å²) in [6, 6.07) is 0. The van der Waals surface area contributed by atoms with Gasteiger partial charge in [-0.25, -0.2) is 0 Å². The highest BCUT2D eigenvalue weighted by atomic mass is 16.3. The maximum Gasteiger partial charge on any atom is 0.147 e. The van der Waals surface area contributed by atoms with E-state index in [0.717, 1.165) is 69.8 Å². The summed E-state index contributed by atoms with van der Waals surface area (Å²) in [6.45, 7) is 11.0. The molecule has 1 saturated heterocycles. The summed E-state index contributed by atoms with van der Waals surface area (Å²) in [7, 11) is 0. The molecule has 0 bridgehead atoms. The summed E-state index contributed by atoms with van der Waals surface area (Å²) >= 11 is 0. The number of piperidine rings is 1. The lowest BCUT2D eigenvalue weighted by atomic mass is 9.99. The minimum Gasteiger partial charge on any atom is -0.390 e. The Labute approximate surface area is 133 Å². The molecule has 1 N–H and O–H groups in total. The predicted octanol–water partition coefficient (Wildman–Crippen LogP) is 0.749. The summed E-state index contributed by atoms with van der Waals surface area (Å²) in [5, 5.41) is 18.9. The van der Waals surface area contributed by atoms with Gasteiger partial charge in [0.1, 0.15) is 11.6 Å². The summed E-state index contributed by atoms with van der Waals surface area (Å²) in [4.78, 5) is 4.72. The highest BCUT2D eigenvalue weighted by Crippen LogP contribution is 2.17. The lowest BCUT2D eigenvalue weighted by Gasteiger charge is -2.34. The first-order valence-electron chi connectivity index (χ1n) is 8.69. The fourth-order valence-electron chi connectivity index (χ4n) is 3.58. The molecule has 3 rings (SSSR count). The van der Waals surface area contributed by atoms with Crippen LogP contribution in [0.3, 0.4) is 0 Å². The van der Waals surface area contributed by atoms with Crippen molar-refractivity contribution in [1.82, 2.24) is 24.6 Å². The molecular weight excluding hydrogens is 278 g/mol. The molecule has 0 spiro atoms. The first-order chi connectivity index (χ1) is 10.7. The molecule has 0 radical (unpaired) electrons. The van der Waals surface area contributed by atoms with E-state index in [-0.39, 0.29) is 6.10 Å². The third kappa shape index (κ3) is 3.67. The fraction of sp³-hybridized carbons (Fsp3) is 0.875. The van der Waals surface area contributed by atoms with Gasteiger partial charge < -0.3 is 14.6 Å². The van der Waals surface area contributed by atoms with Crippen molar-refractivity contribution in [3.63, 3.8) is 0 Å². The molecule has 0 aliphatic carbocycles. The number of hydrogen-bond acceptors (Lipinski definition) is 5. The zero-order valence-corrected chi connectivity index (χ0v) is 13.9. The van der Waals surface area contributed by atoms with E-state index >= 15 is 0 Å². The van der Waals surface area contributed by atoms with Crippen LogP contribution < -0.4 is 0 Å². The van der Waals surface area contributed by atoms with Crippen molar-refractivity contribution in [3.05, 3.63) is 11.6 Å². The van der Waals surface area contributed by atoms with Crippen LogP contribution in [0, 0.1) is 5.92 Å². The summed E-state index contributed by atoms with van der Waals surface area (Å²) < 4.78 is 2.23. The number of aliphatic hydroxyl groups is 1. The first kappa shape index (κ1) is 15.9. The van der Waals surface area contributed by atoms with Crippen LogP contribution in [0.15, 0.2) is 0 Å². The van der Waals surface area contributed by atoms with Crippen LogP contribution in [0.2, 0.25) is 0 Å². The lowest BCUT2D eigenvalue weighted by Crippen LogP contribution is -2.45. The number of nitrogens with zero attached hydrogens (tertiary/aromatic N) is 5. The molecule has 1 fully saturated rings. The molecule has 1 aromatic rings. The number of β-amino-alcohol motifs (C(OH)–C–C–N with tert-alkyl or cyclic N) is 1. The minimum absolute atomic E-state index is 0.270. The van der Waals surface area contributed by atoms with Crippen molar-refractivity contribution in [2.75, 3.05) is 32.7 Å². The van der Waals surface area contributed by atoms with Crippen molar-refractivity contribution < 1.29 is 5.11 Å². The quantitative estimate of drug-likeness (QED) is 0.870. The number of likely N-dealkylation sites (tertiary alicyclic amines) is 1. The Bertz CT molecular complexity index is 481. The second kappa shape index (κ2) is 7.06. The summed E-state index contributed by atoms with van der Waals surface area (Å²) in [6.07, 6.45) is 3.19. The van der Waals surface area contributed by atoms with Gasteiger partial charge in [-0.15, -0.1) is 10.2 Å². The van der Waals surface area contributed by atoms with Crippen LogP contribution in [0.25, 0.3) is 0 Å². The van der Waals surface area contributed by atoms with Crippen LogP contribution in [-0.2, 0) is 19.5 Å². The van der Waals surface area contributed by atoms with Crippen molar-refractivity contribution in [2.45, 2.75) is 52.3 Å². The Hall–Kier alpha value is -0.980. The number of hydrogen-bond donors (Lipinski definition) is 1. The molecule has 6 heteroatoms. The second-order valence-electron chi connectivity index (χ2n) is 6.91. The minimum atomic E-state index is -0.270. The van der Waals surface area contributed by atoms with E-state index in [1.54, 1.807) is 0 Å². The maximum absolute atomic E-state index is 10.4. The molecule has 1 atom stereocenters. The van der Waals surface area contributed by atoms with Gasteiger partial charge >= 0.3 is 0 Å². The smallest absolute Gasteiger partial charge is 0.147 e. The number of fused-ring (bicyclic) bond motifs is 1. The average Bonchev–Trinajstić information content (AvgIpc) is 2.92. The van der Waals surface area contributed by atoms with Gasteiger partial charge in [-0.05, 0) is 31.8 Å². The van der Waals surface area contributed by atoms with Crippen LogP contribution in [0.5, 0.6) is 0 Å². The van der Waals surface area contributed by atoms with Gasteiger partial charge in [0.05, 0.1) is 12.6 Å². The van der Waals surface area contributed by atoms with E-state index in [2.05, 4.69) is 38.4 Å². The molecule has 3 heterocycles. The molecule has 0 saturated carbocycles. The largest absolute Gasteiger partial charge is 0.390 e. The van der Waals surface area contributed by atoms with Crippen LogP contribution in [0.4, 0.5) is 0 Å². The van der Waals surface area contributed by atoms with Crippen molar-refractivity contribution in [3.8, 4) is 0 Å². The topological polar surface area (TPSA) is 57.4 Å². The van der Waals surface area contributed by atoms with E-state index in [1.165, 1.54) is 12.8 Å². The molecule has 2 aliphatic heterocycles. The Morgan fingerprint density at radius 1 is 1.09 bits per heavy atom. The van der Waals surface area contributed by atoms with Gasteiger partial charge in [-0.2, -0.15) is 0 Å². The van der Waals surface area contributed by atoms with E-state index in [1.807, 2.05) is 0 Å². The highest BCUT2D eigenvalue weighted by molar-refractivity contribution is 4.99. The normalized spacial score (nSPS) is 22.7. The second-order valence-corrected chi connectivity index (χ2v) is 6.91. The van der Waals surface area contributed by atoms with E-state index in [9.17, 15) is 5.11 Å². The van der Waals surface area contributed by atoms with Crippen molar-refractivity contribution in [1.29, 1.82) is 0 Å². The maximum atomic E-state index is 10.4. The zero-order chi connectivity index (χ0) is 15.5. The van der Waals surface area contributed by atoms with Crippen molar-refractivity contribution >= 4 is 0 Å². The summed E-state index contributed by atoms with van der Waals surface area (Å²) in [5.41, 5.74) is 0. The van der Waals surface area contributed by atoms with Crippen LogP contribution in [-0.4, -0.2) is 68.5 Å². The average molecular weight is 307 g/mol. The van der Waals surface area contributed by atoms with Crippen LogP contribution >= 0.6 is 0 Å². The third-order valence-electron chi connectivity index (χ3n) is 5.04. The molecule has 124 valence electrons. The Morgan fingerprint density at radius 2 is 1.82 bits per heavy atom. The lowest BCUT2D eigenvalue weighted by molar-refractivity contribution is 0.0529. The Morgan fingerprint density at radius 3 is 2.55 bits per heavy atom. The number of aliphatic hydroxyl groups excluding tert-OH is 1. The van der Waals surface area contributed by atoms with Gasteiger partial charge in [-0.1, -0.05) is 13.8 Å². The number of aromatic nitrogens is 3. The van der Waals surface area contributed by atoms with Gasteiger partial charge in [0.15, 0.2) is 0 Å². The number of rotatable bonds is 5. The predicted molar refractivity (Wildman–Crippen MR) is 85.5 cm³/mol. The van der Waals surface area contributed by atoms with Gasteiger partial charge in [0.2, 0.25) is 0 Å². The molecule has 1 aromatic heterocycles. The van der Waals surface area contributed by atoms with E-state index < -0.39 is 0 Å². The summed E-state index contributed by atoms with van der Waals surface area (Å²) in [5.74, 6) is 2.97. The number of aryl methyl sites for hydroxylation is 1. The molecule has 1 unspecified atom stereocenters. The van der Waals surface area contributed by atoms with Gasteiger partial charge in [0.25, 0.3) is 0 Å². The fourth-order valence-corrected chi connectivity index (χ4v) is 3.58. The molecule has 22 heavy (non-hydrogen) atoms. The van der Waals surface area contributed by atoms with Gasteiger partial charge in [0, 0.05) is 32.6 Å². The molecule has 2 aliphatic rings. The SMILES string of the molecule is CCc1nnc2n1CCN(CC(O)CN1CCC(C)CC1)C2. The van der Waals surface area contributed by atoms with E-state index in [0.29, 0.717) is 0 Å². The zero-order valence-electron chi connectivity index (χ0n) is 13.9. The van der Waals surface area contributed by atoms with Crippen molar-refractivity contribution in [2.24, 2.45) is 5.92 Å². The molecular formula is C16H29N5O. The Kier molecular flexibility index (Phi) is 5.10. The standard InChI is InChI=1S/C16H29N5O/c1-3-15-17-18-16-12-20(8-9-21(15)16)11-14(22)10-19-6-4-13(2)5-7-19/h13-14,22H,3-12H2,1-2H3.